The molecule has 0 spiro atoms. The number of nitrogens with one attached hydrogen (secondary N) is 1. The summed E-state index contributed by atoms with van der Waals surface area (Å²) in [5.41, 5.74) is 0.155. The summed E-state index contributed by atoms with van der Waals surface area (Å²) in [5.74, 6) is -0.530. The van der Waals surface area contributed by atoms with Crippen molar-refractivity contribution in [3.05, 3.63) is 41.7 Å². The van der Waals surface area contributed by atoms with Gasteiger partial charge in [-0.1, -0.05) is 11.6 Å². The van der Waals surface area contributed by atoms with Gasteiger partial charge in [-0.05, 0) is 44.0 Å². The number of carbonyl (C=O) groups excluding carboxylic acids is 2. The summed E-state index contributed by atoms with van der Waals surface area (Å²) in [6.45, 7) is 2.19. The molecule has 1 N–H and O–H groups in total. The smallest absolute Gasteiger partial charge is 0.338 e. The highest BCUT2D eigenvalue weighted by molar-refractivity contribution is 7.89. The fraction of sp³-hybridized carbons (Fsp3) is 0.389. The Labute approximate surface area is 162 Å². The molecule has 0 bridgehead atoms. The van der Waals surface area contributed by atoms with E-state index in [1.54, 1.807) is 6.92 Å². The van der Waals surface area contributed by atoms with Crippen LogP contribution in [0.4, 0.5) is 5.82 Å². The SMILES string of the molecule is Cc1cc(NC(=O)COC(=O)c2ccc(S(=O)(=O)N3CCCCC3)cc2)no1. The number of benzene rings is 1. The molecule has 28 heavy (non-hydrogen) atoms. The van der Waals surface area contributed by atoms with Crippen LogP contribution in [0, 0.1) is 6.92 Å². The third kappa shape index (κ3) is 4.76. The summed E-state index contributed by atoms with van der Waals surface area (Å²) >= 11 is 0. The Morgan fingerprint density at radius 3 is 2.46 bits per heavy atom. The summed E-state index contributed by atoms with van der Waals surface area (Å²) in [7, 11) is -3.56. The minimum Gasteiger partial charge on any atom is -0.452 e. The van der Waals surface area contributed by atoms with Crippen molar-refractivity contribution < 1.29 is 27.3 Å². The van der Waals surface area contributed by atoms with Crippen LogP contribution in [0.3, 0.4) is 0 Å². The standard InChI is InChI=1S/C18H21N3O6S/c1-13-11-16(20-27-13)19-17(22)12-26-18(23)14-5-7-15(8-6-14)28(24,25)21-9-3-2-4-10-21/h5-8,11H,2-4,9-10,12H2,1H3,(H,19,20,22). The quantitative estimate of drug-likeness (QED) is 0.727. The van der Waals surface area contributed by atoms with Gasteiger partial charge < -0.3 is 14.6 Å². The van der Waals surface area contributed by atoms with Gasteiger partial charge in [0.2, 0.25) is 10.0 Å². The lowest BCUT2D eigenvalue weighted by Gasteiger charge is -2.25. The number of aryl methyl sites for hydroxylation is 1. The zero-order chi connectivity index (χ0) is 20.1. The zero-order valence-electron chi connectivity index (χ0n) is 15.4. The van der Waals surface area contributed by atoms with E-state index in [2.05, 4.69) is 10.5 Å². The molecule has 10 heteroatoms. The summed E-state index contributed by atoms with van der Waals surface area (Å²) in [6.07, 6.45) is 2.72. The Morgan fingerprint density at radius 1 is 1.18 bits per heavy atom. The summed E-state index contributed by atoms with van der Waals surface area (Å²) in [6, 6.07) is 7.02. The number of nitrogens with zero attached hydrogens (tertiary/aromatic N) is 2. The van der Waals surface area contributed by atoms with E-state index in [0.29, 0.717) is 18.8 Å². The lowest BCUT2D eigenvalue weighted by Crippen LogP contribution is -2.35. The number of esters is 1. The second-order valence-corrected chi connectivity index (χ2v) is 8.37. The molecule has 0 unspecified atom stereocenters. The van der Waals surface area contributed by atoms with Crippen molar-refractivity contribution in [1.29, 1.82) is 0 Å². The fourth-order valence-corrected chi connectivity index (χ4v) is 4.35. The first-order chi connectivity index (χ1) is 13.4. The molecule has 3 rings (SSSR count). The van der Waals surface area contributed by atoms with Crippen LogP contribution < -0.4 is 5.32 Å². The number of aromatic nitrogens is 1. The maximum atomic E-state index is 12.6. The molecule has 1 aromatic carbocycles. The van der Waals surface area contributed by atoms with Gasteiger partial charge in [-0.3, -0.25) is 4.79 Å². The average molecular weight is 407 g/mol. The van der Waals surface area contributed by atoms with Crippen molar-refractivity contribution in [3.63, 3.8) is 0 Å². The van der Waals surface area contributed by atoms with Crippen LogP contribution in [0.1, 0.15) is 35.4 Å². The van der Waals surface area contributed by atoms with Crippen molar-refractivity contribution in [3.8, 4) is 0 Å². The van der Waals surface area contributed by atoms with Crippen LogP contribution in [0.2, 0.25) is 0 Å². The maximum Gasteiger partial charge on any atom is 0.338 e. The molecule has 1 fully saturated rings. The summed E-state index contributed by atoms with van der Waals surface area (Å²) in [4.78, 5) is 24.0. The normalized spacial score (nSPS) is 15.2. The van der Waals surface area contributed by atoms with Crippen LogP contribution in [0.5, 0.6) is 0 Å². The molecular weight excluding hydrogens is 386 g/mol. The second-order valence-electron chi connectivity index (χ2n) is 6.44. The number of ether oxygens (including phenoxy) is 1. The molecule has 1 aliphatic heterocycles. The van der Waals surface area contributed by atoms with Crippen molar-refractivity contribution in [1.82, 2.24) is 9.46 Å². The molecule has 150 valence electrons. The van der Waals surface area contributed by atoms with Gasteiger partial charge in [0.05, 0.1) is 10.5 Å². The number of anilines is 1. The van der Waals surface area contributed by atoms with Crippen LogP contribution in [0.25, 0.3) is 0 Å². The highest BCUT2D eigenvalue weighted by Gasteiger charge is 2.26. The van der Waals surface area contributed by atoms with Gasteiger partial charge in [-0.2, -0.15) is 4.31 Å². The largest absolute Gasteiger partial charge is 0.452 e. The number of hydrogen-bond donors (Lipinski definition) is 1. The van der Waals surface area contributed by atoms with Crippen LogP contribution >= 0.6 is 0 Å². The van der Waals surface area contributed by atoms with Gasteiger partial charge in [0.1, 0.15) is 5.76 Å². The van der Waals surface area contributed by atoms with E-state index in [4.69, 9.17) is 9.26 Å². The van der Waals surface area contributed by atoms with Crippen LogP contribution in [-0.2, 0) is 19.6 Å². The molecule has 9 nitrogen and oxygen atoms in total. The third-order valence-corrected chi connectivity index (χ3v) is 6.19. The minimum absolute atomic E-state index is 0.130. The van der Waals surface area contributed by atoms with Crippen molar-refractivity contribution >= 4 is 27.7 Å². The van der Waals surface area contributed by atoms with Gasteiger partial charge >= 0.3 is 5.97 Å². The van der Waals surface area contributed by atoms with Crippen molar-refractivity contribution in [2.75, 3.05) is 25.0 Å². The first kappa shape index (κ1) is 20.0. The Bertz CT molecular complexity index is 946. The fourth-order valence-electron chi connectivity index (χ4n) is 2.84. The van der Waals surface area contributed by atoms with Gasteiger partial charge in [0.25, 0.3) is 5.91 Å². The van der Waals surface area contributed by atoms with Crippen molar-refractivity contribution in [2.24, 2.45) is 0 Å². The average Bonchev–Trinajstić information content (AvgIpc) is 3.11. The van der Waals surface area contributed by atoms with Gasteiger partial charge in [-0.25, -0.2) is 13.2 Å². The molecule has 0 aliphatic carbocycles. The van der Waals surface area contributed by atoms with E-state index in [1.165, 1.54) is 34.6 Å². The molecule has 0 saturated carbocycles. The number of amides is 1. The number of rotatable bonds is 6. The molecule has 1 saturated heterocycles. The highest BCUT2D eigenvalue weighted by Crippen LogP contribution is 2.21. The highest BCUT2D eigenvalue weighted by atomic mass is 32.2. The molecule has 1 amide bonds. The molecule has 1 aliphatic rings. The predicted octanol–water partition coefficient (Wildman–Crippen LogP) is 1.95. The lowest BCUT2D eigenvalue weighted by molar-refractivity contribution is -0.119. The molecule has 2 aromatic rings. The molecular formula is C18H21N3O6S. The summed E-state index contributed by atoms with van der Waals surface area (Å²) in [5, 5.41) is 6.03. The van der Waals surface area contributed by atoms with Gasteiger partial charge in [0.15, 0.2) is 12.4 Å². The third-order valence-electron chi connectivity index (χ3n) is 4.27. The van der Waals surface area contributed by atoms with E-state index in [9.17, 15) is 18.0 Å². The van der Waals surface area contributed by atoms with E-state index < -0.39 is 28.5 Å². The van der Waals surface area contributed by atoms with Crippen LogP contribution in [-0.4, -0.2) is 49.5 Å². The second kappa shape index (κ2) is 8.53. The monoisotopic (exact) mass is 407 g/mol. The first-order valence-electron chi connectivity index (χ1n) is 8.87. The first-order valence-corrected chi connectivity index (χ1v) is 10.3. The van der Waals surface area contributed by atoms with E-state index in [1.807, 2.05) is 0 Å². The number of hydrogen-bond acceptors (Lipinski definition) is 7. The molecule has 0 radical (unpaired) electrons. The topological polar surface area (TPSA) is 119 Å². The Morgan fingerprint density at radius 2 is 1.86 bits per heavy atom. The Kier molecular flexibility index (Phi) is 6.10. The Balaban J connectivity index is 1.56. The zero-order valence-corrected chi connectivity index (χ0v) is 16.2. The molecule has 1 aromatic heterocycles. The number of piperidine rings is 1. The van der Waals surface area contributed by atoms with Crippen molar-refractivity contribution in [2.45, 2.75) is 31.1 Å². The van der Waals surface area contributed by atoms with E-state index in [-0.39, 0.29) is 16.3 Å². The predicted molar refractivity (Wildman–Crippen MR) is 99.2 cm³/mol. The number of sulfonamides is 1. The van der Waals surface area contributed by atoms with Gasteiger partial charge in [0, 0.05) is 19.2 Å². The van der Waals surface area contributed by atoms with Crippen LogP contribution in [0.15, 0.2) is 39.8 Å². The lowest BCUT2D eigenvalue weighted by atomic mass is 10.2. The Hall–Kier alpha value is -2.72. The molecule has 2 heterocycles. The van der Waals surface area contributed by atoms with Gasteiger partial charge in [-0.15, -0.1) is 0 Å². The summed E-state index contributed by atoms with van der Waals surface area (Å²) < 4.78 is 36.4. The minimum atomic E-state index is -3.56. The number of carbonyl (C=O) groups is 2. The maximum absolute atomic E-state index is 12.6. The van der Waals surface area contributed by atoms with E-state index in [0.717, 1.165) is 19.3 Å². The molecule has 0 atom stereocenters. The van der Waals surface area contributed by atoms with E-state index >= 15 is 0 Å².